The fraction of sp³-hybridized carbons (Fsp3) is 0.379. The van der Waals surface area contributed by atoms with Crippen LogP contribution in [-0.4, -0.2) is 89.3 Å². The van der Waals surface area contributed by atoms with Gasteiger partial charge in [-0.2, -0.15) is 0 Å². The standard InChI is InChI=1S/C29H31N5O3S/c1-20-4-2-5-22(16-20)28(36)34-10-3-6-21-17-23(7-8-25(21)34)27(35)33-18-24(19-33)31-11-13-32(14-12-31)29(37)26-30-9-15-38-26/h2,4-5,7-9,15-17,24H,3,6,10-14,18-19H2,1H3. The highest BCUT2D eigenvalue weighted by Crippen LogP contribution is 2.31. The molecule has 196 valence electrons. The summed E-state index contributed by atoms with van der Waals surface area (Å²) in [6, 6.07) is 13.8. The molecule has 6 rings (SSSR count). The van der Waals surface area contributed by atoms with Crippen molar-refractivity contribution in [2.24, 2.45) is 0 Å². The molecule has 0 aliphatic carbocycles. The summed E-state index contributed by atoms with van der Waals surface area (Å²) in [4.78, 5) is 51.2. The number of carbonyl (C=O) groups is 3. The van der Waals surface area contributed by atoms with E-state index in [2.05, 4.69) is 9.88 Å². The topological polar surface area (TPSA) is 77.1 Å². The van der Waals surface area contributed by atoms with Crippen LogP contribution in [-0.2, 0) is 6.42 Å². The Labute approximate surface area is 226 Å². The van der Waals surface area contributed by atoms with Crippen molar-refractivity contribution in [3.8, 4) is 0 Å². The van der Waals surface area contributed by atoms with E-state index >= 15 is 0 Å². The van der Waals surface area contributed by atoms with Crippen LogP contribution < -0.4 is 4.90 Å². The predicted octanol–water partition coefficient (Wildman–Crippen LogP) is 3.33. The maximum Gasteiger partial charge on any atom is 0.282 e. The number of nitrogens with zero attached hydrogens (tertiary/aromatic N) is 5. The Balaban J connectivity index is 1.05. The molecule has 2 fully saturated rings. The lowest BCUT2D eigenvalue weighted by molar-refractivity contribution is 0.00852. The molecular formula is C29H31N5O3S. The summed E-state index contributed by atoms with van der Waals surface area (Å²) in [7, 11) is 0. The van der Waals surface area contributed by atoms with E-state index in [0.29, 0.717) is 54.9 Å². The molecule has 0 radical (unpaired) electrons. The summed E-state index contributed by atoms with van der Waals surface area (Å²) < 4.78 is 0. The Morgan fingerprint density at radius 3 is 2.39 bits per heavy atom. The average molecular weight is 530 g/mol. The largest absolute Gasteiger partial charge is 0.335 e. The van der Waals surface area contributed by atoms with E-state index in [1.807, 2.05) is 69.5 Å². The first kappa shape index (κ1) is 24.8. The van der Waals surface area contributed by atoms with Gasteiger partial charge in [-0.15, -0.1) is 11.3 Å². The van der Waals surface area contributed by atoms with E-state index in [1.54, 1.807) is 6.20 Å². The Bertz CT molecular complexity index is 1360. The molecule has 0 atom stereocenters. The number of hydrogen-bond donors (Lipinski definition) is 0. The Hall–Kier alpha value is -3.56. The molecule has 8 nitrogen and oxygen atoms in total. The Kier molecular flexibility index (Phi) is 6.71. The molecule has 0 saturated carbocycles. The fourth-order valence-electron chi connectivity index (χ4n) is 5.66. The first-order valence-corrected chi connectivity index (χ1v) is 14.1. The third kappa shape index (κ3) is 4.72. The van der Waals surface area contributed by atoms with Gasteiger partial charge in [0.15, 0.2) is 5.01 Å². The van der Waals surface area contributed by atoms with E-state index in [9.17, 15) is 14.4 Å². The third-order valence-corrected chi connectivity index (χ3v) is 8.60. The van der Waals surface area contributed by atoms with Crippen molar-refractivity contribution in [3.63, 3.8) is 0 Å². The second-order valence-electron chi connectivity index (χ2n) is 10.3. The lowest BCUT2D eigenvalue weighted by atomic mass is 9.96. The van der Waals surface area contributed by atoms with Crippen LogP contribution in [0.3, 0.4) is 0 Å². The molecule has 0 unspecified atom stereocenters. The van der Waals surface area contributed by atoms with Crippen molar-refractivity contribution in [2.75, 3.05) is 50.7 Å². The number of fused-ring (bicyclic) bond motifs is 1. The van der Waals surface area contributed by atoms with Crippen molar-refractivity contribution < 1.29 is 14.4 Å². The molecule has 2 aromatic carbocycles. The number of thiazole rings is 1. The van der Waals surface area contributed by atoms with Crippen LogP contribution in [0.15, 0.2) is 54.0 Å². The number of amides is 3. The van der Waals surface area contributed by atoms with Gasteiger partial charge in [0.25, 0.3) is 17.7 Å². The van der Waals surface area contributed by atoms with E-state index in [-0.39, 0.29) is 17.7 Å². The molecule has 0 N–H and O–H groups in total. The Morgan fingerprint density at radius 2 is 1.66 bits per heavy atom. The van der Waals surface area contributed by atoms with Gasteiger partial charge in [0.1, 0.15) is 0 Å². The number of rotatable bonds is 4. The van der Waals surface area contributed by atoms with Crippen LogP contribution >= 0.6 is 11.3 Å². The first-order valence-electron chi connectivity index (χ1n) is 13.2. The van der Waals surface area contributed by atoms with Gasteiger partial charge < -0.3 is 14.7 Å². The van der Waals surface area contributed by atoms with E-state index in [4.69, 9.17) is 0 Å². The molecule has 3 aliphatic rings. The summed E-state index contributed by atoms with van der Waals surface area (Å²) in [5.41, 5.74) is 4.41. The van der Waals surface area contributed by atoms with Crippen LogP contribution in [0.25, 0.3) is 0 Å². The zero-order valence-corrected chi connectivity index (χ0v) is 22.3. The smallest absolute Gasteiger partial charge is 0.282 e. The Morgan fingerprint density at radius 1 is 0.868 bits per heavy atom. The van der Waals surface area contributed by atoms with Crippen LogP contribution in [0.4, 0.5) is 5.69 Å². The van der Waals surface area contributed by atoms with Crippen molar-refractivity contribution >= 4 is 34.7 Å². The number of aryl methyl sites for hydroxylation is 2. The van der Waals surface area contributed by atoms with Gasteiger partial charge in [-0.05, 0) is 55.7 Å². The second kappa shape index (κ2) is 10.3. The number of hydrogen-bond acceptors (Lipinski definition) is 6. The minimum atomic E-state index is 0.00719. The second-order valence-corrected chi connectivity index (χ2v) is 11.2. The first-order chi connectivity index (χ1) is 18.5. The van der Waals surface area contributed by atoms with Gasteiger partial charge in [-0.1, -0.05) is 17.7 Å². The zero-order valence-electron chi connectivity index (χ0n) is 21.5. The fourth-order valence-corrected chi connectivity index (χ4v) is 6.27. The number of anilines is 1. The minimum absolute atomic E-state index is 0.00719. The lowest BCUT2D eigenvalue weighted by Crippen LogP contribution is -2.64. The average Bonchev–Trinajstić information content (AvgIpc) is 3.46. The quantitative estimate of drug-likeness (QED) is 0.518. The van der Waals surface area contributed by atoms with Gasteiger partial charge in [0.2, 0.25) is 0 Å². The summed E-state index contributed by atoms with van der Waals surface area (Å²) in [5, 5.41) is 2.37. The van der Waals surface area contributed by atoms with Crippen molar-refractivity contribution in [2.45, 2.75) is 25.8 Å². The number of aromatic nitrogens is 1. The maximum absolute atomic E-state index is 13.3. The molecule has 1 aromatic heterocycles. The highest BCUT2D eigenvalue weighted by molar-refractivity contribution is 7.11. The molecule has 2 saturated heterocycles. The minimum Gasteiger partial charge on any atom is -0.335 e. The summed E-state index contributed by atoms with van der Waals surface area (Å²) in [6.07, 6.45) is 3.41. The normalized spacial score (nSPS) is 18.2. The summed E-state index contributed by atoms with van der Waals surface area (Å²) in [6.45, 7) is 7.08. The van der Waals surface area contributed by atoms with Crippen LogP contribution in [0.2, 0.25) is 0 Å². The van der Waals surface area contributed by atoms with Crippen molar-refractivity contribution in [1.82, 2.24) is 19.7 Å². The molecule has 3 aliphatic heterocycles. The van der Waals surface area contributed by atoms with Gasteiger partial charge in [-0.3, -0.25) is 19.3 Å². The van der Waals surface area contributed by atoms with Gasteiger partial charge in [-0.25, -0.2) is 4.98 Å². The number of likely N-dealkylation sites (tertiary alicyclic amines) is 1. The predicted molar refractivity (Wildman–Crippen MR) is 147 cm³/mol. The lowest BCUT2D eigenvalue weighted by Gasteiger charge is -2.48. The van der Waals surface area contributed by atoms with Crippen LogP contribution in [0, 0.1) is 6.92 Å². The van der Waals surface area contributed by atoms with Gasteiger partial charge in [0, 0.05) is 80.2 Å². The molecule has 0 spiro atoms. The molecule has 9 heteroatoms. The molecule has 4 heterocycles. The SMILES string of the molecule is Cc1cccc(C(=O)N2CCCc3cc(C(=O)N4CC(N5CCN(C(=O)c6nccs6)CC5)C4)ccc32)c1. The van der Waals surface area contributed by atoms with Crippen molar-refractivity contribution in [3.05, 3.63) is 81.3 Å². The highest BCUT2D eigenvalue weighted by atomic mass is 32.1. The monoisotopic (exact) mass is 529 g/mol. The van der Waals surface area contributed by atoms with E-state index in [0.717, 1.165) is 42.7 Å². The van der Waals surface area contributed by atoms with Gasteiger partial charge in [0.05, 0.1) is 0 Å². The van der Waals surface area contributed by atoms with E-state index < -0.39 is 0 Å². The van der Waals surface area contributed by atoms with Crippen LogP contribution in [0.1, 0.15) is 48.1 Å². The van der Waals surface area contributed by atoms with Crippen molar-refractivity contribution in [1.29, 1.82) is 0 Å². The molecule has 3 amide bonds. The zero-order chi connectivity index (χ0) is 26.2. The molecule has 3 aromatic rings. The highest BCUT2D eigenvalue weighted by Gasteiger charge is 2.37. The molecule has 0 bridgehead atoms. The molecule has 38 heavy (non-hydrogen) atoms. The molecular weight excluding hydrogens is 498 g/mol. The third-order valence-electron chi connectivity index (χ3n) is 7.84. The van der Waals surface area contributed by atoms with Crippen LogP contribution in [0.5, 0.6) is 0 Å². The number of carbonyl (C=O) groups excluding carboxylic acids is 3. The number of piperazine rings is 1. The van der Waals surface area contributed by atoms with Gasteiger partial charge >= 0.3 is 0 Å². The maximum atomic E-state index is 13.3. The number of benzene rings is 2. The summed E-state index contributed by atoms with van der Waals surface area (Å²) in [5.74, 6) is 0.0631. The summed E-state index contributed by atoms with van der Waals surface area (Å²) >= 11 is 1.38. The van der Waals surface area contributed by atoms with E-state index in [1.165, 1.54) is 11.3 Å².